The average Bonchev–Trinajstić information content (AvgIpc) is 3.35. The number of nitrogens with zero attached hydrogens (tertiary/aromatic N) is 3. The van der Waals surface area contributed by atoms with Gasteiger partial charge in [0.25, 0.3) is 0 Å². The fourth-order valence-electron chi connectivity index (χ4n) is 4.07. The lowest BCUT2D eigenvalue weighted by Gasteiger charge is -2.26. The fraction of sp³-hybridized carbons (Fsp3) is 0.609. The van der Waals surface area contributed by atoms with Crippen LogP contribution in [0, 0.1) is 12.3 Å². The predicted molar refractivity (Wildman–Crippen MR) is 123 cm³/mol. The molecule has 1 fully saturated rings. The summed E-state index contributed by atoms with van der Waals surface area (Å²) in [6.45, 7) is 1.71. The van der Waals surface area contributed by atoms with Crippen molar-refractivity contribution < 1.29 is 19.4 Å². The van der Waals surface area contributed by atoms with Gasteiger partial charge in [0.15, 0.2) is 5.60 Å². The first-order valence-corrected chi connectivity index (χ1v) is 11.6. The lowest BCUT2D eigenvalue weighted by molar-refractivity contribution is -0.158. The number of aliphatic hydroxyl groups is 1. The van der Waals surface area contributed by atoms with Crippen LogP contribution in [0.5, 0.6) is 0 Å². The van der Waals surface area contributed by atoms with E-state index in [4.69, 9.17) is 33.2 Å². The number of carbonyl (C=O) groups is 1. The Kier molecular flexibility index (Phi) is 8.35. The second kappa shape index (κ2) is 11.0. The molecule has 3 atom stereocenters. The minimum Gasteiger partial charge on any atom is -0.458 e. The molecule has 0 aliphatic carbocycles. The highest BCUT2D eigenvalue weighted by atomic mass is 35.5. The molecule has 8 nitrogen and oxygen atoms in total. The first-order chi connectivity index (χ1) is 15.4. The van der Waals surface area contributed by atoms with Gasteiger partial charge in [0, 0.05) is 19.0 Å². The number of hydrogen-bond acceptors (Lipinski definition) is 7. The Labute approximate surface area is 193 Å². The van der Waals surface area contributed by atoms with Crippen molar-refractivity contribution in [2.45, 2.75) is 82.6 Å². The summed E-state index contributed by atoms with van der Waals surface area (Å²) in [7, 11) is 0. The zero-order valence-corrected chi connectivity index (χ0v) is 19.2. The Balaban J connectivity index is 1.64. The molecule has 3 rings (SSSR count). The average molecular weight is 463 g/mol. The molecule has 3 N–H and O–H groups in total. The molecule has 0 radical (unpaired) electrons. The second-order valence-corrected chi connectivity index (χ2v) is 8.53. The third-order valence-corrected chi connectivity index (χ3v) is 6.07. The van der Waals surface area contributed by atoms with Gasteiger partial charge in [0.1, 0.15) is 23.8 Å². The number of terminal acetylenes is 1. The normalized spacial score (nSPS) is 22.8. The summed E-state index contributed by atoms with van der Waals surface area (Å²) in [5.41, 5.74) is 4.98. The molecule has 0 amide bonds. The fourth-order valence-corrected chi connectivity index (χ4v) is 4.24. The molecule has 0 unspecified atom stereocenters. The van der Waals surface area contributed by atoms with Gasteiger partial charge in [-0.1, -0.05) is 51.4 Å². The molecule has 174 valence electrons. The Morgan fingerprint density at radius 1 is 1.38 bits per heavy atom. The number of rotatable bonds is 11. The van der Waals surface area contributed by atoms with Crippen LogP contribution in [-0.2, 0) is 14.3 Å². The van der Waals surface area contributed by atoms with Crippen molar-refractivity contribution in [2.75, 3.05) is 12.3 Å². The summed E-state index contributed by atoms with van der Waals surface area (Å²) in [6, 6.07) is 1.75. The van der Waals surface area contributed by atoms with Gasteiger partial charge >= 0.3 is 5.97 Å². The van der Waals surface area contributed by atoms with E-state index in [1.165, 1.54) is 25.7 Å². The molecular weight excluding hydrogens is 432 g/mol. The van der Waals surface area contributed by atoms with Crippen LogP contribution in [0.4, 0.5) is 5.82 Å². The van der Waals surface area contributed by atoms with Crippen LogP contribution in [0.25, 0.3) is 11.0 Å². The van der Waals surface area contributed by atoms with E-state index in [1.807, 2.05) is 0 Å². The lowest BCUT2D eigenvalue weighted by Crippen LogP contribution is -2.44. The molecule has 1 saturated heterocycles. The lowest BCUT2D eigenvalue weighted by atomic mass is 9.98. The number of nitrogens with two attached hydrogens (primary N) is 1. The van der Waals surface area contributed by atoms with Crippen molar-refractivity contribution in [3.8, 4) is 12.3 Å². The van der Waals surface area contributed by atoms with Gasteiger partial charge in [-0.3, -0.25) is 4.79 Å². The summed E-state index contributed by atoms with van der Waals surface area (Å²) in [4.78, 5) is 20.6. The molecule has 9 heteroatoms. The van der Waals surface area contributed by atoms with E-state index in [1.54, 1.807) is 16.8 Å². The van der Waals surface area contributed by atoms with E-state index in [-0.39, 0.29) is 23.5 Å². The second-order valence-electron chi connectivity index (χ2n) is 8.19. The highest BCUT2D eigenvalue weighted by molar-refractivity contribution is 6.28. The van der Waals surface area contributed by atoms with Gasteiger partial charge in [-0.05, 0) is 24.1 Å². The number of ether oxygens (including phenoxy) is 2. The van der Waals surface area contributed by atoms with Gasteiger partial charge in [0.05, 0.1) is 12.0 Å². The number of esters is 1. The molecule has 0 bridgehead atoms. The zero-order valence-electron chi connectivity index (χ0n) is 18.4. The Hall–Kier alpha value is -2.34. The van der Waals surface area contributed by atoms with Gasteiger partial charge < -0.3 is 24.9 Å². The largest absolute Gasteiger partial charge is 0.458 e. The smallest absolute Gasteiger partial charge is 0.306 e. The molecule has 0 aromatic carbocycles. The van der Waals surface area contributed by atoms with E-state index in [9.17, 15) is 9.90 Å². The van der Waals surface area contributed by atoms with Gasteiger partial charge in [-0.2, -0.15) is 4.98 Å². The van der Waals surface area contributed by atoms with Crippen LogP contribution < -0.4 is 5.73 Å². The molecule has 1 aliphatic heterocycles. The van der Waals surface area contributed by atoms with Crippen molar-refractivity contribution in [3.05, 3.63) is 17.5 Å². The highest BCUT2D eigenvalue weighted by Gasteiger charge is 2.50. The van der Waals surface area contributed by atoms with E-state index in [2.05, 4.69) is 22.8 Å². The van der Waals surface area contributed by atoms with Crippen LogP contribution in [0.1, 0.15) is 70.9 Å². The van der Waals surface area contributed by atoms with Gasteiger partial charge in [-0.25, -0.2) is 4.98 Å². The first-order valence-electron chi connectivity index (χ1n) is 11.2. The number of nitrogen functional groups attached to an aromatic ring is 1. The Morgan fingerprint density at radius 2 is 2.09 bits per heavy atom. The number of anilines is 1. The van der Waals surface area contributed by atoms with Crippen molar-refractivity contribution in [2.24, 2.45) is 0 Å². The first kappa shape index (κ1) is 24.3. The molecular formula is C23H31ClN4O4. The van der Waals surface area contributed by atoms with E-state index in [0.29, 0.717) is 17.5 Å². The van der Waals surface area contributed by atoms with Crippen LogP contribution in [0.15, 0.2) is 12.3 Å². The van der Waals surface area contributed by atoms with Crippen molar-refractivity contribution in [1.82, 2.24) is 14.5 Å². The third-order valence-electron chi connectivity index (χ3n) is 5.90. The highest BCUT2D eigenvalue weighted by Crippen LogP contribution is 2.40. The molecule has 2 aromatic rings. The molecule has 0 saturated carbocycles. The SMILES string of the molecule is C#C[C@]1(CO)O[C@@H](n2ccc3c(N)nc(Cl)nc32)C[C@@H]1OC(=O)CCCCCCCCC. The van der Waals surface area contributed by atoms with E-state index < -0.39 is 24.5 Å². The number of hydrogen-bond donors (Lipinski definition) is 2. The quantitative estimate of drug-likeness (QED) is 0.224. The minimum atomic E-state index is -1.43. The summed E-state index contributed by atoms with van der Waals surface area (Å²) >= 11 is 5.97. The number of aromatic nitrogens is 3. The standard InChI is InChI=1S/C23H31ClN4O4/c1-3-5-6-7-8-9-10-11-19(30)31-17-14-18(32-23(17,4-2)15-29)28-13-12-16-20(25)26-22(24)27-21(16)28/h2,12-13,17-18,29H,3,5-11,14-15H2,1H3,(H2,25,26,27)/t17-,18+,23+/m0/s1. The molecule has 1 aliphatic rings. The summed E-state index contributed by atoms with van der Waals surface area (Å²) < 4.78 is 13.4. The Morgan fingerprint density at radius 3 is 2.78 bits per heavy atom. The predicted octanol–water partition coefficient (Wildman–Crippen LogP) is 4.00. The van der Waals surface area contributed by atoms with Gasteiger partial charge in [0.2, 0.25) is 5.28 Å². The number of carbonyl (C=O) groups excluding carboxylic acids is 1. The molecule has 3 heterocycles. The van der Waals surface area contributed by atoms with Crippen molar-refractivity contribution in [3.63, 3.8) is 0 Å². The van der Waals surface area contributed by atoms with Crippen LogP contribution >= 0.6 is 11.6 Å². The maximum absolute atomic E-state index is 12.5. The number of fused-ring (bicyclic) bond motifs is 1. The van der Waals surface area contributed by atoms with Crippen molar-refractivity contribution in [1.29, 1.82) is 0 Å². The maximum atomic E-state index is 12.5. The van der Waals surface area contributed by atoms with Crippen LogP contribution in [-0.4, -0.2) is 43.9 Å². The third kappa shape index (κ3) is 5.34. The summed E-state index contributed by atoms with van der Waals surface area (Å²) in [5, 5.41) is 10.6. The maximum Gasteiger partial charge on any atom is 0.306 e. The number of unbranched alkanes of at least 4 members (excludes halogenated alkanes) is 6. The topological polar surface area (TPSA) is 112 Å². The van der Waals surface area contributed by atoms with Crippen LogP contribution in [0.3, 0.4) is 0 Å². The van der Waals surface area contributed by atoms with E-state index in [0.717, 1.165) is 19.3 Å². The minimum absolute atomic E-state index is 0.0102. The van der Waals surface area contributed by atoms with Gasteiger partial charge in [-0.15, -0.1) is 6.42 Å². The molecule has 2 aromatic heterocycles. The van der Waals surface area contributed by atoms with Crippen molar-refractivity contribution >= 4 is 34.4 Å². The van der Waals surface area contributed by atoms with Crippen LogP contribution in [0.2, 0.25) is 5.28 Å². The zero-order chi connectivity index (χ0) is 23.1. The number of aliphatic hydroxyl groups excluding tert-OH is 1. The molecule has 0 spiro atoms. The molecule has 32 heavy (non-hydrogen) atoms. The summed E-state index contributed by atoms with van der Waals surface area (Å²) in [6.07, 6.45) is 14.4. The monoisotopic (exact) mass is 462 g/mol. The number of halogens is 1. The Bertz CT molecular complexity index is 973. The summed E-state index contributed by atoms with van der Waals surface area (Å²) in [5.74, 6) is 2.40. The van der Waals surface area contributed by atoms with E-state index >= 15 is 0 Å².